The predicted octanol–water partition coefficient (Wildman–Crippen LogP) is 4.39. The molecule has 1 atom stereocenters. The van der Waals surface area contributed by atoms with Crippen molar-refractivity contribution in [1.82, 2.24) is 4.90 Å². The van der Waals surface area contributed by atoms with Crippen molar-refractivity contribution in [3.8, 4) is 11.5 Å². The number of hydrogen-bond donors (Lipinski definition) is 1. The maximum atomic E-state index is 13.1. The maximum Gasteiger partial charge on any atom is 0.308 e. The van der Waals surface area contributed by atoms with Crippen LogP contribution >= 0.6 is 23.2 Å². The van der Waals surface area contributed by atoms with Crippen LogP contribution in [-0.4, -0.2) is 55.0 Å². The molecule has 3 rings (SSSR count). The largest absolute Gasteiger partial charge is 0.507 e. The first-order valence-electron chi connectivity index (χ1n) is 10.3. The zero-order valence-corrected chi connectivity index (χ0v) is 20.3. The fourth-order valence-corrected chi connectivity index (χ4v) is 4.44. The maximum absolute atomic E-state index is 13.1. The highest BCUT2D eigenvalue weighted by Gasteiger charge is 2.46. The van der Waals surface area contributed by atoms with E-state index in [2.05, 4.69) is 0 Å². The Kier molecular flexibility index (Phi) is 8.19. The molecule has 1 unspecified atom stereocenters. The van der Waals surface area contributed by atoms with Crippen molar-refractivity contribution in [3.63, 3.8) is 0 Å². The minimum absolute atomic E-state index is 0.124. The molecule has 0 saturated carbocycles. The first kappa shape index (κ1) is 25.6. The van der Waals surface area contributed by atoms with Crippen molar-refractivity contribution in [3.05, 3.63) is 63.1 Å². The third kappa shape index (κ3) is 5.19. The molecule has 2 aromatic rings. The number of aliphatic hydroxyl groups is 1. The van der Waals surface area contributed by atoms with E-state index in [1.165, 1.54) is 38.2 Å². The SMILES string of the molecule is COCCCN1C(=O)C(=O)/C(=C(/O)c2cc(Cl)c(OC)c(Cl)c2)C1c1cccc(OC(C)=O)c1. The lowest BCUT2D eigenvalue weighted by molar-refractivity contribution is -0.140. The second kappa shape index (κ2) is 10.9. The molecule has 2 aromatic carbocycles. The Labute approximate surface area is 206 Å². The number of esters is 1. The van der Waals surface area contributed by atoms with Gasteiger partial charge in [-0.3, -0.25) is 14.4 Å². The van der Waals surface area contributed by atoms with E-state index in [0.717, 1.165) is 0 Å². The summed E-state index contributed by atoms with van der Waals surface area (Å²) in [5, 5.41) is 11.4. The molecule has 0 aromatic heterocycles. The molecule has 1 N–H and O–H groups in total. The van der Waals surface area contributed by atoms with Gasteiger partial charge < -0.3 is 24.2 Å². The lowest BCUT2D eigenvalue weighted by Gasteiger charge is -2.25. The van der Waals surface area contributed by atoms with Crippen LogP contribution in [0.2, 0.25) is 10.0 Å². The van der Waals surface area contributed by atoms with Crippen molar-refractivity contribution in [2.75, 3.05) is 27.4 Å². The van der Waals surface area contributed by atoms with Gasteiger partial charge in [0, 0.05) is 32.7 Å². The van der Waals surface area contributed by atoms with E-state index in [0.29, 0.717) is 18.6 Å². The Morgan fingerprint density at radius 1 is 1.12 bits per heavy atom. The summed E-state index contributed by atoms with van der Waals surface area (Å²) < 4.78 is 15.4. The van der Waals surface area contributed by atoms with Crippen LogP contribution in [0.4, 0.5) is 0 Å². The van der Waals surface area contributed by atoms with Crippen LogP contribution in [0.3, 0.4) is 0 Å². The van der Waals surface area contributed by atoms with Crippen molar-refractivity contribution >= 4 is 46.6 Å². The molecule has 0 bridgehead atoms. The summed E-state index contributed by atoms with van der Waals surface area (Å²) in [6.45, 7) is 1.83. The van der Waals surface area contributed by atoms with E-state index < -0.39 is 29.5 Å². The van der Waals surface area contributed by atoms with Gasteiger partial charge in [-0.15, -0.1) is 0 Å². The average Bonchev–Trinajstić information content (AvgIpc) is 3.03. The third-order valence-corrected chi connectivity index (χ3v) is 5.76. The molecule has 0 aliphatic carbocycles. The van der Waals surface area contributed by atoms with Crippen molar-refractivity contribution < 1.29 is 33.7 Å². The van der Waals surface area contributed by atoms with Gasteiger partial charge in [0.25, 0.3) is 11.7 Å². The van der Waals surface area contributed by atoms with E-state index in [4.69, 9.17) is 37.4 Å². The van der Waals surface area contributed by atoms with Crippen LogP contribution in [0, 0.1) is 0 Å². The molecule has 34 heavy (non-hydrogen) atoms. The van der Waals surface area contributed by atoms with Gasteiger partial charge in [0.2, 0.25) is 0 Å². The van der Waals surface area contributed by atoms with Crippen LogP contribution in [0.1, 0.15) is 30.5 Å². The standard InChI is InChI=1S/C24H23Cl2NO7/c1-13(28)34-16-7-4-6-14(10-16)20-19(22(30)24(31)27(20)8-5-9-32-2)21(29)15-11-17(25)23(33-3)18(26)12-15/h4,6-7,10-12,20,29H,5,8-9H2,1-3H3/b21-19+. The number of hydrogen-bond acceptors (Lipinski definition) is 7. The Balaban J connectivity index is 2.18. The van der Waals surface area contributed by atoms with E-state index in [9.17, 15) is 19.5 Å². The van der Waals surface area contributed by atoms with E-state index in [1.807, 2.05) is 0 Å². The summed E-state index contributed by atoms with van der Waals surface area (Å²) in [5.41, 5.74) is 0.481. The number of likely N-dealkylation sites (tertiary alicyclic amines) is 1. The monoisotopic (exact) mass is 507 g/mol. The lowest BCUT2D eigenvalue weighted by atomic mass is 9.95. The average molecular weight is 508 g/mol. The molecule has 1 saturated heterocycles. The number of rotatable bonds is 8. The van der Waals surface area contributed by atoms with Gasteiger partial charge in [-0.1, -0.05) is 35.3 Å². The van der Waals surface area contributed by atoms with Crippen LogP contribution in [0.5, 0.6) is 11.5 Å². The molecule has 10 heteroatoms. The number of Topliss-reactive ketones (excluding diaryl/α,β-unsaturated/α-hetero) is 1. The highest BCUT2D eigenvalue weighted by Crippen LogP contribution is 2.42. The zero-order valence-electron chi connectivity index (χ0n) is 18.8. The fourth-order valence-electron chi connectivity index (χ4n) is 3.80. The number of ketones is 1. The Bertz CT molecular complexity index is 1140. The Morgan fingerprint density at radius 2 is 1.79 bits per heavy atom. The first-order chi connectivity index (χ1) is 16.2. The predicted molar refractivity (Wildman–Crippen MR) is 126 cm³/mol. The van der Waals surface area contributed by atoms with Crippen molar-refractivity contribution in [1.29, 1.82) is 0 Å². The molecule has 1 aliphatic rings. The number of halogens is 2. The second-order valence-corrected chi connectivity index (χ2v) is 8.29. The summed E-state index contributed by atoms with van der Waals surface area (Å²) in [7, 11) is 2.93. The molecule has 1 aliphatic heterocycles. The molecule has 1 fully saturated rings. The summed E-state index contributed by atoms with van der Waals surface area (Å²) in [4.78, 5) is 38.8. The molecule has 1 amide bonds. The first-order valence-corrected chi connectivity index (χ1v) is 11.0. The molecule has 0 spiro atoms. The zero-order chi connectivity index (χ0) is 25.0. The molecular weight excluding hydrogens is 485 g/mol. The number of amides is 1. The van der Waals surface area contributed by atoms with Crippen LogP contribution in [0.15, 0.2) is 42.0 Å². The smallest absolute Gasteiger partial charge is 0.308 e. The van der Waals surface area contributed by atoms with Crippen molar-refractivity contribution in [2.45, 2.75) is 19.4 Å². The molecule has 0 radical (unpaired) electrons. The van der Waals surface area contributed by atoms with Gasteiger partial charge in [0.15, 0.2) is 5.75 Å². The molecular formula is C24H23Cl2NO7. The van der Waals surface area contributed by atoms with Crippen LogP contribution in [0.25, 0.3) is 5.76 Å². The number of benzene rings is 2. The Hall–Kier alpha value is -3.07. The summed E-state index contributed by atoms with van der Waals surface area (Å²) in [6.07, 6.45) is 0.462. The molecule has 8 nitrogen and oxygen atoms in total. The number of methoxy groups -OCH3 is 2. The number of ether oxygens (including phenoxy) is 3. The normalized spacial score (nSPS) is 17.2. The van der Waals surface area contributed by atoms with E-state index in [1.54, 1.807) is 24.3 Å². The minimum Gasteiger partial charge on any atom is -0.507 e. The van der Waals surface area contributed by atoms with Gasteiger partial charge in [-0.2, -0.15) is 0 Å². The van der Waals surface area contributed by atoms with Crippen molar-refractivity contribution in [2.24, 2.45) is 0 Å². The highest BCUT2D eigenvalue weighted by atomic mass is 35.5. The minimum atomic E-state index is -0.938. The number of aliphatic hydroxyl groups excluding tert-OH is 1. The van der Waals surface area contributed by atoms with E-state index >= 15 is 0 Å². The number of carbonyl (C=O) groups excluding carboxylic acids is 3. The van der Waals surface area contributed by atoms with Crippen LogP contribution in [-0.2, 0) is 19.1 Å². The molecule has 1 heterocycles. The summed E-state index contributed by atoms with van der Waals surface area (Å²) in [6, 6.07) is 8.27. The molecule has 180 valence electrons. The third-order valence-electron chi connectivity index (χ3n) is 5.20. The van der Waals surface area contributed by atoms with E-state index in [-0.39, 0.29) is 39.2 Å². The summed E-state index contributed by atoms with van der Waals surface area (Å²) in [5.74, 6) is -2.14. The topological polar surface area (TPSA) is 102 Å². The second-order valence-electron chi connectivity index (χ2n) is 7.48. The number of carbonyl (C=O) groups is 3. The fraction of sp³-hybridized carbons (Fsp3) is 0.292. The number of nitrogens with zero attached hydrogens (tertiary/aromatic N) is 1. The highest BCUT2D eigenvalue weighted by molar-refractivity contribution is 6.46. The van der Waals surface area contributed by atoms with Gasteiger partial charge in [0.05, 0.1) is 28.8 Å². The summed E-state index contributed by atoms with van der Waals surface area (Å²) >= 11 is 12.4. The Morgan fingerprint density at radius 3 is 2.38 bits per heavy atom. The van der Waals surface area contributed by atoms with Crippen LogP contribution < -0.4 is 9.47 Å². The van der Waals surface area contributed by atoms with Gasteiger partial charge in [-0.25, -0.2) is 0 Å². The van der Waals surface area contributed by atoms with Gasteiger partial charge >= 0.3 is 5.97 Å². The van der Waals surface area contributed by atoms with Gasteiger partial charge in [-0.05, 0) is 36.2 Å². The quantitative estimate of drug-likeness (QED) is 0.141. The van der Waals surface area contributed by atoms with Gasteiger partial charge in [0.1, 0.15) is 11.5 Å². The lowest BCUT2D eigenvalue weighted by Crippen LogP contribution is -2.31.